The topological polar surface area (TPSA) is 64.3 Å². The zero-order valence-electron chi connectivity index (χ0n) is 13.1. The SMILES string of the molecule is Cc1cc(N)cc(C)c1OCC(=O)NC1CCCCCC1. The summed E-state index contributed by atoms with van der Waals surface area (Å²) < 4.78 is 5.69. The maximum absolute atomic E-state index is 12.0. The fourth-order valence-corrected chi connectivity index (χ4v) is 3.04. The molecule has 1 aromatic rings. The van der Waals surface area contributed by atoms with Crippen LogP contribution in [0.2, 0.25) is 0 Å². The van der Waals surface area contributed by atoms with Gasteiger partial charge < -0.3 is 15.8 Å². The molecule has 3 N–H and O–H groups in total. The molecule has 1 aliphatic carbocycles. The number of carbonyl (C=O) groups is 1. The van der Waals surface area contributed by atoms with Gasteiger partial charge >= 0.3 is 0 Å². The van der Waals surface area contributed by atoms with E-state index in [4.69, 9.17) is 10.5 Å². The van der Waals surface area contributed by atoms with Gasteiger partial charge in [-0.1, -0.05) is 25.7 Å². The van der Waals surface area contributed by atoms with Crippen molar-refractivity contribution in [2.24, 2.45) is 0 Å². The van der Waals surface area contributed by atoms with E-state index in [0.29, 0.717) is 6.04 Å². The lowest BCUT2D eigenvalue weighted by atomic mass is 10.1. The minimum Gasteiger partial charge on any atom is -0.483 e. The largest absolute Gasteiger partial charge is 0.483 e. The summed E-state index contributed by atoms with van der Waals surface area (Å²) in [5.41, 5.74) is 8.45. The molecule has 0 heterocycles. The predicted molar refractivity (Wildman–Crippen MR) is 85.5 cm³/mol. The van der Waals surface area contributed by atoms with E-state index in [0.717, 1.165) is 35.4 Å². The number of nitrogens with one attached hydrogen (secondary N) is 1. The molecule has 1 aliphatic rings. The van der Waals surface area contributed by atoms with Crippen molar-refractivity contribution in [2.75, 3.05) is 12.3 Å². The molecule has 0 aliphatic heterocycles. The van der Waals surface area contributed by atoms with Crippen LogP contribution in [0.1, 0.15) is 49.7 Å². The summed E-state index contributed by atoms with van der Waals surface area (Å²) in [4.78, 5) is 12.0. The number of nitrogen functional groups attached to an aromatic ring is 1. The highest BCUT2D eigenvalue weighted by Crippen LogP contribution is 2.25. The van der Waals surface area contributed by atoms with Crippen molar-refractivity contribution < 1.29 is 9.53 Å². The van der Waals surface area contributed by atoms with Crippen molar-refractivity contribution in [3.63, 3.8) is 0 Å². The van der Waals surface area contributed by atoms with Crippen LogP contribution >= 0.6 is 0 Å². The molecule has 4 nitrogen and oxygen atoms in total. The summed E-state index contributed by atoms with van der Waals surface area (Å²) in [6.45, 7) is 3.96. The number of carbonyl (C=O) groups excluding carboxylic acids is 1. The molecule has 0 bridgehead atoms. The van der Waals surface area contributed by atoms with Crippen molar-refractivity contribution in [3.8, 4) is 5.75 Å². The number of anilines is 1. The lowest BCUT2D eigenvalue weighted by molar-refractivity contribution is -0.123. The normalized spacial score (nSPS) is 16.3. The van der Waals surface area contributed by atoms with Crippen LogP contribution in [0.4, 0.5) is 5.69 Å². The van der Waals surface area contributed by atoms with Gasteiger partial charge in [-0.05, 0) is 49.9 Å². The Hall–Kier alpha value is -1.71. The molecule has 0 atom stereocenters. The highest BCUT2D eigenvalue weighted by Gasteiger charge is 2.15. The van der Waals surface area contributed by atoms with E-state index in [2.05, 4.69) is 5.32 Å². The van der Waals surface area contributed by atoms with Gasteiger partial charge in [-0.25, -0.2) is 0 Å². The number of nitrogens with two attached hydrogens (primary N) is 1. The monoisotopic (exact) mass is 290 g/mol. The minimum absolute atomic E-state index is 0.0301. The van der Waals surface area contributed by atoms with Gasteiger partial charge in [0.1, 0.15) is 5.75 Å². The van der Waals surface area contributed by atoms with Crippen LogP contribution in [-0.2, 0) is 4.79 Å². The first kappa shape index (κ1) is 15.7. The number of benzene rings is 1. The fraction of sp³-hybridized carbons (Fsp3) is 0.588. The van der Waals surface area contributed by atoms with Crippen molar-refractivity contribution in [1.29, 1.82) is 0 Å². The number of amides is 1. The van der Waals surface area contributed by atoms with Crippen LogP contribution in [0, 0.1) is 13.8 Å². The second-order valence-corrected chi connectivity index (χ2v) is 6.03. The predicted octanol–water partition coefficient (Wildman–Crippen LogP) is 3.10. The van der Waals surface area contributed by atoms with Gasteiger partial charge in [0.05, 0.1) is 0 Å². The van der Waals surface area contributed by atoms with Gasteiger partial charge in [0.25, 0.3) is 5.91 Å². The first-order valence-corrected chi connectivity index (χ1v) is 7.85. The number of hydrogen-bond donors (Lipinski definition) is 2. The van der Waals surface area contributed by atoms with E-state index in [1.807, 2.05) is 26.0 Å². The van der Waals surface area contributed by atoms with E-state index in [1.54, 1.807) is 0 Å². The Morgan fingerprint density at radius 3 is 2.33 bits per heavy atom. The van der Waals surface area contributed by atoms with Crippen molar-refractivity contribution in [1.82, 2.24) is 5.32 Å². The maximum Gasteiger partial charge on any atom is 0.258 e. The quantitative estimate of drug-likeness (QED) is 0.661. The second kappa shape index (κ2) is 7.34. The Bertz CT molecular complexity index is 469. The lowest BCUT2D eigenvalue weighted by Gasteiger charge is -2.17. The Morgan fingerprint density at radius 1 is 1.19 bits per heavy atom. The van der Waals surface area contributed by atoms with Crippen LogP contribution in [0.5, 0.6) is 5.75 Å². The molecule has 4 heteroatoms. The van der Waals surface area contributed by atoms with Gasteiger partial charge in [-0.2, -0.15) is 0 Å². The average Bonchev–Trinajstić information content (AvgIpc) is 2.66. The minimum atomic E-state index is -0.0301. The third kappa shape index (κ3) is 4.66. The van der Waals surface area contributed by atoms with Crippen LogP contribution in [0.15, 0.2) is 12.1 Å². The summed E-state index contributed by atoms with van der Waals surface area (Å²) in [5.74, 6) is 0.734. The van der Waals surface area contributed by atoms with Crippen LogP contribution < -0.4 is 15.8 Å². The third-order valence-electron chi connectivity index (χ3n) is 4.05. The fourth-order valence-electron chi connectivity index (χ4n) is 3.04. The molecular weight excluding hydrogens is 264 g/mol. The first-order chi connectivity index (χ1) is 10.1. The van der Waals surface area contributed by atoms with Crippen molar-refractivity contribution >= 4 is 11.6 Å². The van der Waals surface area contributed by atoms with Gasteiger partial charge in [-0.3, -0.25) is 4.79 Å². The molecule has 2 rings (SSSR count). The average molecular weight is 290 g/mol. The molecule has 21 heavy (non-hydrogen) atoms. The molecule has 0 unspecified atom stereocenters. The van der Waals surface area contributed by atoms with Crippen LogP contribution in [-0.4, -0.2) is 18.6 Å². The van der Waals surface area contributed by atoms with E-state index < -0.39 is 0 Å². The molecule has 0 spiro atoms. The van der Waals surface area contributed by atoms with E-state index in [9.17, 15) is 4.79 Å². The molecule has 1 aromatic carbocycles. The smallest absolute Gasteiger partial charge is 0.258 e. The first-order valence-electron chi connectivity index (χ1n) is 7.85. The number of rotatable bonds is 4. The molecule has 0 radical (unpaired) electrons. The highest BCUT2D eigenvalue weighted by atomic mass is 16.5. The molecule has 0 saturated heterocycles. The van der Waals surface area contributed by atoms with E-state index in [-0.39, 0.29) is 12.5 Å². The molecule has 1 saturated carbocycles. The summed E-state index contributed by atoms with van der Waals surface area (Å²) >= 11 is 0. The standard InChI is InChI=1S/C17H26N2O2/c1-12-9-14(18)10-13(2)17(12)21-11-16(20)19-15-7-5-3-4-6-8-15/h9-10,15H,3-8,11,18H2,1-2H3,(H,19,20). The Kier molecular flexibility index (Phi) is 5.48. The lowest BCUT2D eigenvalue weighted by Crippen LogP contribution is -2.37. The number of aryl methyl sites for hydroxylation is 2. The number of ether oxygens (including phenoxy) is 1. The molecule has 116 valence electrons. The van der Waals surface area contributed by atoms with E-state index >= 15 is 0 Å². The Labute approximate surface area is 127 Å². The second-order valence-electron chi connectivity index (χ2n) is 6.03. The zero-order chi connectivity index (χ0) is 15.2. The van der Waals surface area contributed by atoms with Crippen molar-refractivity contribution in [2.45, 2.75) is 58.4 Å². The van der Waals surface area contributed by atoms with Crippen molar-refractivity contribution in [3.05, 3.63) is 23.3 Å². The summed E-state index contributed by atoms with van der Waals surface area (Å²) in [6.07, 6.45) is 7.17. The molecule has 1 fully saturated rings. The van der Waals surface area contributed by atoms with E-state index in [1.165, 1.54) is 25.7 Å². The highest BCUT2D eigenvalue weighted by molar-refractivity contribution is 5.78. The van der Waals surface area contributed by atoms with Gasteiger partial charge in [0, 0.05) is 11.7 Å². The third-order valence-corrected chi connectivity index (χ3v) is 4.05. The maximum atomic E-state index is 12.0. The number of hydrogen-bond acceptors (Lipinski definition) is 3. The van der Waals surface area contributed by atoms with Gasteiger partial charge in [0.15, 0.2) is 6.61 Å². The summed E-state index contributed by atoms with van der Waals surface area (Å²) in [5, 5.41) is 3.09. The molecular formula is C17H26N2O2. The molecule has 1 amide bonds. The van der Waals surface area contributed by atoms with Gasteiger partial charge in [0.2, 0.25) is 0 Å². The Morgan fingerprint density at radius 2 is 1.76 bits per heavy atom. The van der Waals surface area contributed by atoms with Crippen LogP contribution in [0.25, 0.3) is 0 Å². The summed E-state index contributed by atoms with van der Waals surface area (Å²) in [7, 11) is 0. The summed E-state index contributed by atoms with van der Waals surface area (Å²) in [6, 6.07) is 4.05. The Balaban J connectivity index is 1.86. The molecule has 0 aromatic heterocycles. The van der Waals surface area contributed by atoms with Gasteiger partial charge in [-0.15, -0.1) is 0 Å². The van der Waals surface area contributed by atoms with Crippen LogP contribution in [0.3, 0.4) is 0 Å². The zero-order valence-corrected chi connectivity index (χ0v) is 13.1.